The van der Waals surface area contributed by atoms with E-state index in [9.17, 15) is 4.79 Å². The number of H-pyrrole nitrogens is 1. The molecule has 0 bridgehead atoms. The van der Waals surface area contributed by atoms with Gasteiger partial charge in [0.05, 0.1) is 28.9 Å². The molecule has 0 unspecified atom stereocenters. The maximum Gasteiger partial charge on any atom is 0.338 e. The number of ether oxygens (including phenoxy) is 1. The van der Waals surface area contributed by atoms with Crippen LogP contribution in [0.25, 0.3) is 10.9 Å². The number of aromatic amines is 1. The number of nitrogens with zero attached hydrogens (tertiary/aromatic N) is 1. The maximum absolute atomic E-state index is 11.8. The van der Waals surface area contributed by atoms with E-state index in [1.807, 2.05) is 13.8 Å². The first-order valence-electron chi connectivity index (χ1n) is 5.37. The molecule has 0 radical (unpaired) electrons. The lowest BCUT2D eigenvalue weighted by molar-refractivity contribution is 0.0459. The van der Waals surface area contributed by atoms with Crippen LogP contribution in [0, 0.1) is 5.92 Å². The Morgan fingerprint density at radius 1 is 1.53 bits per heavy atom. The highest BCUT2D eigenvalue weighted by Gasteiger charge is 2.12. The minimum atomic E-state index is -0.364. The van der Waals surface area contributed by atoms with Gasteiger partial charge in [-0.1, -0.05) is 25.4 Å². The van der Waals surface area contributed by atoms with E-state index >= 15 is 0 Å². The first-order valence-corrected chi connectivity index (χ1v) is 5.75. The molecule has 2 rings (SSSR count). The normalized spacial score (nSPS) is 11.1. The van der Waals surface area contributed by atoms with Gasteiger partial charge in [0.15, 0.2) is 0 Å². The maximum atomic E-state index is 11.8. The van der Waals surface area contributed by atoms with Gasteiger partial charge >= 0.3 is 5.97 Å². The van der Waals surface area contributed by atoms with Crippen LogP contribution in [0.1, 0.15) is 24.2 Å². The van der Waals surface area contributed by atoms with Crippen molar-refractivity contribution >= 4 is 28.5 Å². The third kappa shape index (κ3) is 2.58. The number of aromatic nitrogens is 2. The number of halogens is 1. The zero-order valence-electron chi connectivity index (χ0n) is 9.66. The summed E-state index contributed by atoms with van der Waals surface area (Å²) in [6, 6.07) is 3.29. The predicted molar refractivity (Wildman–Crippen MR) is 66.2 cm³/mol. The largest absolute Gasteiger partial charge is 0.462 e. The zero-order valence-corrected chi connectivity index (χ0v) is 10.4. The lowest BCUT2D eigenvalue weighted by Crippen LogP contribution is -2.10. The molecule has 0 saturated heterocycles. The molecule has 0 amide bonds. The molecule has 0 aliphatic rings. The van der Waals surface area contributed by atoms with Crippen LogP contribution in [0.5, 0.6) is 0 Å². The molecule has 17 heavy (non-hydrogen) atoms. The van der Waals surface area contributed by atoms with Gasteiger partial charge in [-0.15, -0.1) is 0 Å². The van der Waals surface area contributed by atoms with Crippen molar-refractivity contribution < 1.29 is 9.53 Å². The lowest BCUT2D eigenvalue weighted by Gasteiger charge is -2.07. The molecule has 5 heteroatoms. The topological polar surface area (TPSA) is 55.0 Å². The molecule has 0 saturated carbocycles. The standard InChI is InChI=1S/C12H13ClN2O2/c1-7(2)6-17-12(16)8-3-10(13)9-5-14-15-11(9)4-8/h3-5,7H,6H2,1-2H3,(H,14,15). The summed E-state index contributed by atoms with van der Waals surface area (Å²) in [5.74, 6) is -0.0533. The van der Waals surface area contributed by atoms with E-state index in [1.54, 1.807) is 18.3 Å². The SMILES string of the molecule is CC(C)COC(=O)c1cc(Cl)c2cn[nH]c2c1. The summed E-state index contributed by atoms with van der Waals surface area (Å²) in [5, 5.41) is 7.95. The van der Waals surface area contributed by atoms with E-state index in [0.717, 1.165) is 10.9 Å². The van der Waals surface area contributed by atoms with Crippen molar-refractivity contribution in [2.45, 2.75) is 13.8 Å². The first-order chi connectivity index (χ1) is 8.08. The average molecular weight is 253 g/mol. The molecule has 1 aromatic carbocycles. The fourth-order valence-electron chi connectivity index (χ4n) is 1.45. The second-order valence-corrected chi connectivity index (χ2v) is 4.69. The van der Waals surface area contributed by atoms with Gasteiger partial charge < -0.3 is 4.74 Å². The molecule has 0 fully saturated rings. The Morgan fingerprint density at radius 2 is 2.29 bits per heavy atom. The summed E-state index contributed by atoms with van der Waals surface area (Å²) in [6.45, 7) is 4.37. The summed E-state index contributed by atoms with van der Waals surface area (Å²) >= 11 is 6.04. The van der Waals surface area contributed by atoms with Crippen molar-refractivity contribution in [1.29, 1.82) is 0 Å². The van der Waals surface area contributed by atoms with Gasteiger partial charge in [0, 0.05) is 5.39 Å². The number of carbonyl (C=O) groups is 1. The third-order valence-electron chi connectivity index (χ3n) is 2.29. The lowest BCUT2D eigenvalue weighted by atomic mass is 10.1. The van der Waals surface area contributed by atoms with Crippen LogP contribution in [-0.2, 0) is 4.74 Å². The Balaban J connectivity index is 2.26. The van der Waals surface area contributed by atoms with Crippen molar-refractivity contribution in [3.05, 3.63) is 28.9 Å². The Bertz CT molecular complexity index is 548. The summed E-state index contributed by atoms with van der Waals surface area (Å²) in [4.78, 5) is 11.8. The highest BCUT2D eigenvalue weighted by molar-refractivity contribution is 6.35. The second kappa shape index (κ2) is 4.75. The minimum absolute atomic E-state index is 0.310. The monoisotopic (exact) mass is 252 g/mol. The Hall–Kier alpha value is -1.55. The molecular formula is C12H13ClN2O2. The van der Waals surface area contributed by atoms with Crippen LogP contribution in [-0.4, -0.2) is 22.8 Å². The number of esters is 1. The van der Waals surface area contributed by atoms with Gasteiger partial charge in [0.1, 0.15) is 0 Å². The Labute approximate surface area is 104 Å². The first kappa shape index (κ1) is 11.9. The number of hydrogen-bond donors (Lipinski definition) is 1. The summed E-state index contributed by atoms with van der Waals surface area (Å²) in [5.41, 5.74) is 1.17. The molecule has 1 heterocycles. The van der Waals surface area contributed by atoms with Gasteiger partial charge in [0.25, 0.3) is 0 Å². The van der Waals surface area contributed by atoms with Crippen molar-refractivity contribution in [2.75, 3.05) is 6.61 Å². The van der Waals surface area contributed by atoms with Crippen molar-refractivity contribution in [1.82, 2.24) is 10.2 Å². The molecule has 0 aliphatic heterocycles. The number of benzene rings is 1. The van der Waals surface area contributed by atoms with E-state index in [2.05, 4.69) is 10.2 Å². The van der Waals surface area contributed by atoms with E-state index in [-0.39, 0.29) is 5.97 Å². The quantitative estimate of drug-likeness (QED) is 0.855. The molecule has 1 aromatic heterocycles. The third-order valence-corrected chi connectivity index (χ3v) is 2.60. The van der Waals surface area contributed by atoms with Crippen LogP contribution in [0.3, 0.4) is 0 Å². The van der Waals surface area contributed by atoms with Crippen LogP contribution >= 0.6 is 11.6 Å². The molecule has 90 valence electrons. The predicted octanol–water partition coefficient (Wildman–Crippen LogP) is 3.03. The van der Waals surface area contributed by atoms with Crippen molar-refractivity contribution in [2.24, 2.45) is 5.92 Å². The van der Waals surface area contributed by atoms with Crippen molar-refractivity contribution in [3.8, 4) is 0 Å². The van der Waals surface area contributed by atoms with Crippen molar-refractivity contribution in [3.63, 3.8) is 0 Å². The fourth-order valence-corrected chi connectivity index (χ4v) is 1.72. The smallest absolute Gasteiger partial charge is 0.338 e. The van der Waals surface area contributed by atoms with E-state index in [0.29, 0.717) is 23.1 Å². The zero-order chi connectivity index (χ0) is 12.4. The molecular weight excluding hydrogens is 240 g/mol. The molecule has 0 aliphatic carbocycles. The highest BCUT2D eigenvalue weighted by atomic mass is 35.5. The van der Waals surface area contributed by atoms with Gasteiger partial charge in [-0.3, -0.25) is 5.10 Å². The number of hydrogen-bond acceptors (Lipinski definition) is 3. The van der Waals surface area contributed by atoms with E-state index in [4.69, 9.17) is 16.3 Å². The Morgan fingerprint density at radius 3 is 3.00 bits per heavy atom. The number of rotatable bonds is 3. The number of fused-ring (bicyclic) bond motifs is 1. The number of nitrogens with one attached hydrogen (secondary N) is 1. The minimum Gasteiger partial charge on any atom is -0.462 e. The van der Waals surface area contributed by atoms with Crippen LogP contribution in [0.4, 0.5) is 0 Å². The average Bonchev–Trinajstić information content (AvgIpc) is 2.74. The summed E-state index contributed by atoms with van der Waals surface area (Å²) in [7, 11) is 0. The second-order valence-electron chi connectivity index (χ2n) is 4.28. The van der Waals surface area contributed by atoms with Gasteiger partial charge in [0.2, 0.25) is 0 Å². The summed E-state index contributed by atoms with van der Waals surface area (Å²) < 4.78 is 5.14. The number of carbonyl (C=O) groups excluding carboxylic acids is 1. The molecule has 0 spiro atoms. The van der Waals surface area contributed by atoms with Crippen LogP contribution in [0.2, 0.25) is 5.02 Å². The molecule has 0 atom stereocenters. The van der Waals surface area contributed by atoms with Gasteiger partial charge in [-0.25, -0.2) is 4.79 Å². The molecule has 4 nitrogen and oxygen atoms in total. The van der Waals surface area contributed by atoms with E-state index < -0.39 is 0 Å². The van der Waals surface area contributed by atoms with Crippen LogP contribution in [0.15, 0.2) is 18.3 Å². The van der Waals surface area contributed by atoms with Crippen LogP contribution < -0.4 is 0 Å². The van der Waals surface area contributed by atoms with Gasteiger partial charge in [-0.2, -0.15) is 5.10 Å². The highest BCUT2D eigenvalue weighted by Crippen LogP contribution is 2.24. The molecule has 1 N–H and O–H groups in total. The Kier molecular flexibility index (Phi) is 3.33. The van der Waals surface area contributed by atoms with Gasteiger partial charge in [-0.05, 0) is 18.1 Å². The molecule has 2 aromatic rings. The fraction of sp³-hybridized carbons (Fsp3) is 0.333. The summed E-state index contributed by atoms with van der Waals surface area (Å²) in [6.07, 6.45) is 1.63. The van der Waals surface area contributed by atoms with E-state index in [1.165, 1.54) is 0 Å².